The summed E-state index contributed by atoms with van der Waals surface area (Å²) in [4.78, 5) is 147. The first-order chi connectivity index (χ1) is 33.9. The quantitative estimate of drug-likeness (QED) is 0.0338. The molecule has 3 rings (SSSR count). The molecule has 0 radical (unpaired) electrons. The molecule has 0 aromatic rings. The minimum atomic E-state index is -2.50. The van der Waals surface area contributed by atoms with Crippen LogP contribution >= 0.6 is 11.8 Å². The minimum Gasteiger partial charge on any atom is -0.394 e. The molecule has 28 heteroatoms. The third-order valence-electron chi connectivity index (χ3n) is 12.0. The van der Waals surface area contributed by atoms with Gasteiger partial charge in [0, 0.05) is 75.5 Å². The highest BCUT2D eigenvalue weighted by atomic mass is 32.2. The van der Waals surface area contributed by atoms with E-state index in [4.69, 9.17) is 5.73 Å². The number of nitrogens with two attached hydrogens (primary N) is 1. The molecule has 402 valence electrons. The fourth-order valence-corrected chi connectivity index (χ4v) is 10.1. The standard InChI is InChI=1S/C44H69N11O15S2/c1-7-23(5)36(51-31(60)8-2)40(67)47-18-33(62)49-27-21-72(70)43(48-22(3)4)42(71-16-14-46-32(61)13-15-54-34(63)11-12-35(54)64)53-41(68)37(24(6)29(58)20-56)52-39(66)28-17-25(57)19-55(28)44(69)26(50-38(27)65)9-10-30(45)59/h23-29,36-37,48,56-58H,3,7-21H2,1-2,4-6H3,(H2,45,59)(H,46,61)(H,47,67)(H,49,62)(H,50,65)(H,51,60)(H,52,66)(H,53,68)/b43-42+/t23-,24-,25+,26-,27-,28-,29-,36-,37-,72?/m0/s1. The first-order valence-corrected chi connectivity index (χ1v) is 25.8. The number of allylic oxidation sites excluding steroid dienone is 1. The maximum absolute atomic E-state index is 14.8. The molecule has 2 fully saturated rings. The first-order valence-electron chi connectivity index (χ1n) is 23.5. The van der Waals surface area contributed by atoms with Crippen LogP contribution in [0.15, 0.2) is 22.3 Å². The predicted octanol–water partition coefficient (Wildman–Crippen LogP) is -4.77. The van der Waals surface area contributed by atoms with E-state index in [0.29, 0.717) is 6.42 Å². The van der Waals surface area contributed by atoms with Crippen molar-refractivity contribution in [1.29, 1.82) is 0 Å². The molecular formula is C44H69N11O15S2. The van der Waals surface area contributed by atoms with E-state index in [0.717, 1.165) is 21.6 Å². The highest BCUT2D eigenvalue weighted by Gasteiger charge is 2.44. The Labute approximate surface area is 423 Å². The number of hydrogen-bond donors (Lipinski definition) is 12. The van der Waals surface area contributed by atoms with E-state index in [2.05, 4.69) is 49.1 Å². The van der Waals surface area contributed by atoms with Gasteiger partial charge >= 0.3 is 0 Å². The molecule has 3 heterocycles. The Morgan fingerprint density at radius 2 is 1.61 bits per heavy atom. The van der Waals surface area contributed by atoms with Crippen LogP contribution in [-0.4, -0.2) is 181 Å². The number of hydrogen-bond acceptors (Lipinski definition) is 17. The Morgan fingerprint density at radius 3 is 2.21 bits per heavy atom. The number of fused-ring (bicyclic) bond motifs is 1. The average molecular weight is 1060 g/mol. The molecule has 13 N–H and O–H groups in total. The molecule has 10 atom stereocenters. The number of rotatable bonds is 23. The van der Waals surface area contributed by atoms with Gasteiger partial charge in [-0.3, -0.25) is 61.8 Å². The summed E-state index contributed by atoms with van der Waals surface area (Å²) in [5.41, 5.74) is 5.55. The number of imide groups is 1. The van der Waals surface area contributed by atoms with Gasteiger partial charge in [0.2, 0.25) is 65.0 Å². The normalized spacial score (nSPS) is 24.9. The van der Waals surface area contributed by atoms with Gasteiger partial charge in [0.15, 0.2) is 0 Å². The second-order valence-corrected chi connectivity index (χ2v) is 20.2. The second kappa shape index (κ2) is 28.9. The summed E-state index contributed by atoms with van der Waals surface area (Å²) in [6.07, 6.45) is -3.85. The van der Waals surface area contributed by atoms with Crippen LogP contribution < -0.4 is 48.3 Å². The van der Waals surface area contributed by atoms with E-state index in [1.165, 1.54) is 13.8 Å². The zero-order valence-electron chi connectivity index (χ0n) is 41.0. The fourth-order valence-electron chi connectivity index (χ4n) is 7.59. The maximum atomic E-state index is 14.8. The first kappa shape index (κ1) is 60.3. The van der Waals surface area contributed by atoms with Gasteiger partial charge in [0.1, 0.15) is 40.3 Å². The third kappa shape index (κ3) is 18.0. The lowest BCUT2D eigenvalue weighted by Gasteiger charge is -2.32. The van der Waals surface area contributed by atoms with Crippen molar-refractivity contribution in [3.05, 3.63) is 22.3 Å². The van der Waals surface area contributed by atoms with Crippen molar-refractivity contribution in [2.75, 3.05) is 44.3 Å². The van der Waals surface area contributed by atoms with E-state index in [-0.39, 0.29) is 72.6 Å². The largest absolute Gasteiger partial charge is 0.394 e. The number of aliphatic hydroxyl groups excluding tert-OH is 3. The fraction of sp³-hybridized carbons (Fsp3) is 0.659. The number of aliphatic hydroxyl groups is 3. The second-order valence-electron chi connectivity index (χ2n) is 17.6. The molecular weight excluding hydrogens is 987 g/mol. The van der Waals surface area contributed by atoms with E-state index < -0.39 is 162 Å². The molecule has 2 saturated heterocycles. The van der Waals surface area contributed by atoms with E-state index >= 15 is 0 Å². The molecule has 0 aliphatic carbocycles. The van der Waals surface area contributed by atoms with Gasteiger partial charge in [-0.25, -0.2) is 0 Å². The molecule has 11 amide bonds. The highest BCUT2D eigenvalue weighted by molar-refractivity contribution is 8.04. The zero-order valence-corrected chi connectivity index (χ0v) is 42.7. The van der Waals surface area contributed by atoms with Crippen molar-refractivity contribution >= 4 is 87.5 Å². The molecule has 0 bridgehead atoms. The number of thioether (sulfide) groups is 1. The number of nitrogens with zero attached hydrogens (tertiary/aromatic N) is 2. The lowest BCUT2D eigenvalue weighted by molar-refractivity contribution is -0.143. The van der Waals surface area contributed by atoms with Gasteiger partial charge in [0.25, 0.3) is 0 Å². The van der Waals surface area contributed by atoms with E-state index in [9.17, 15) is 72.3 Å². The van der Waals surface area contributed by atoms with Gasteiger partial charge in [-0.1, -0.05) is 40.7 Å². The van der Waals surface area contributed by atoms with Crippen molar-refractivity contribution in [2.24, 2.45) is 17.6 Å². The van der Waals surface area contributed by atoms with Crippen LogP contribution in [0, 0.1) is 11.8 Å². The zero-order chi connectivity index (χ0) is 54.0. The van der Waals surface area contributed by atoms with Crippen molar-refractivity contribution in [3.63, 3.8) is 0 Å². The molecule has 72 heavy (non-hydrogen) atoms. The van der Waals surface area contributed by atoms with Gasteiger partial charge in [-0.2, -0.15) is 0 Å². The van der Waals surface area contributed by atoms with Crippen molar-refractivity contribution in [2.45, 2.75) is 128 Å². The monoisotopic (exact) mass is 1060 g/mol. The number of likely N-dealkylation sites (tertiary alicyclic amines) is 1. The highest BCUT2D eigenvalue weighted by Crippen LogP contribution is 2.24. The third-order valence-corrected chi connectivity index (χ3v) is 14.5. The topological polar surface area (TPSA) is 394 Å². The summed E-state index contributed by atoms with van der Waals surface area (Å²) in [6.45, 7) is 9.31. The number of carbonyl (C=O) groups is 11. The van der Waals surface area contributed by atoms with Crippen LogP contribution in [0.25, 0.3) is 0 Å². The smallest absolute Gasteiger partial charge is 0.247 e. The summed E-state index contributed by atoms with van der Waals surface area (Å²) >= 11 is 0.801. The molecule has 3 aliphatic heterocycles. The molecule has 3 aliphatic rings. The summed E-state index contributed by atoms with van der Waals surface area (Å²) < 4.78 is 14.8. The number of primary amides is 1. The van der Waals surface area contributed by atoms with Gasteiger partial charge in [-0.05, 0) is 19.3 Å². The van der Waals surface area contributed by atoms with Crippen LogP contribution in [0.3, 0.4) is 0 Å². The summed E-state index contributed by atoms with van der Waals surface area (Å²) in [6, 6.07) is -7.77. The van der Waals surface area contributed by atoms with E-state index in [1.54, 1.807) is 20.8 Å². The Balaban J connectivity index is 2.16. The molecule has 0 aromatic heterocycles. The van der Waals surface area contributed by atoms with Gasteiger partial charge < -0.3 is 68.5 Å². The summed E-state index contributed by atoms with van der Waals surface area (Å²) in [5.74, 6) is -11.1. The number of carbonyl (C=O) groups excluding carboxylic acids is 11. The average Bonchev–Trinajstić information content (AvgIpc) is 3.89. The Morgan fingerprint density at radius 1 is 0.944 bits per heavy atom. The van der Waals surface area contributed by atoms with Gasteiger partial charge in [0.05, 0.1) is 41.9 Å². The molecule has 26 nitrogen and oxygen atoms in total. The van der Waals surface area contributed by atoms with Crippen LogP contribution in [-0.2, 0) is 63.5 Å². The van der Waals surface area contributed by atoms with E-state index in [1.807, 2.05) is 0 Å². The maximum Gasteiger partial charge on any atom is 0.247 e. The lowest BCUT2D eigenvalue weighted by atomic mass is 9.94. The lowest BCUT2D eigenvalue weighted by Crippen LogP contribution is -2.60. The van der Waals surface area contributed by atoms with Crippen LogP contribution in [0.5, 0.6) is 0 Å². The molecule has 1 unspecified atom stereocenters. The summed E-state index contributed by atoms with van der Waals surface area (Å²) in [5, 5.41) is 51.3. The van der Waals surface area contributed by atoms with Crippen molar-refractivity contribution in [1.82, 2.24) is 52.3 Å². The Hall–Kier alpha value is -5.97. The number of amides is 11. The SMILES string of the molecule is C=C(C)N/C1=C(\SCCNC(=O)CCN2C(=O)CCC2=O)NC(=O)[C@H]([C@@H](C)[C@@H](O)CO)NC(=O)[C@@H]2C[C@@H](O)CN2C(=O)[C@H](CCC(N)=O)NC(=O)[C@@H](NC(=O)CNC(=O)[C@@H](NC(=O)CC)[C@@H](C)CC)CS1=O. The Bertz CT molecular complexity index is 2130. The Kier molecular flexibility index (Phi) is 24.2. The van der Waals surface area contributed by atoms with Crippen molar-refractivity contribution in [3.8, 4) is 0 Å². The molecule has 0 spiro atoms. The summed E-state index contributed by atoms with van der Waals surface area (Å²) in [7, 11) is -2.50. The molecule has 0 aromatic carbocycles. The van der Waals surface area contributed by atoms with Crippen LogP contribution in [0.1, 0.15) is 86.0 Å². The van der Waals surface area contributed by atoms with Crippen molar-refractivity contribution < 1.29 is 72.3 Å². The minimum absolute atomic E-state index is 0.0392. The number of nitrogens with one attached hydrogen (secondary N) is 8. The van der Waals surface area contributed by atoms with Crippen LogP contribution in [0.4, 0.5) is 0 Å². The van der Waals surface area contributed by atoms with Crippen LogP contribution in [0.2, 0.25) is 0 Å². The molecule has 0 saturated carbocycles. The van der Waals surface area contributed by atoms with Gasteiger partial charge in [-0.15, -0.1) is 11.8 Å². The predicted molar refractivity (Wildman–Crippen MR) is 259 cm³/mol.